The fourth-order valence-corrected chi connectivity index (χ4v) is 2.70. The van der Waals surface area contributed by atoms with Gasteiger partial charge < -0.3 is 14.8 Å². The van der Waals surface area contributed by atoms with Crippen LogP contribution in [-0.2, 0) is 11.3 Å². The van der Waals surface area contributed by atoms with Crippen LogP contribution in [0.5, 0.6) is 5.75 Å². The highest BCUT2D eigenvalue weighted by Gasteiger charge is 2.28. The Morgan fingerprint density at radius 1 is 1.05 bits per heavy atom. The van der Waals surface area contributed by atoms with Gasteiger partial charge in [0.25, 0.3) is 0 Å². The average Bonchev–Trinajstić information content (AvgIpc) is 2.45. The highest BCUT2D eigenvalue weighted by atomic mass is 16.5. The molecule has 0 aromatic heterocycles. The summed E-state index contributed by atoms with van der Waals surface area (Å²) in [5, 5.41) is 6.06. The Balaban J connectivity index is 1.64. The van der Waals surface area contributed by atoms with Crippen molar-refractivity contribution in [1.82, 2.24) is 5.32 Å². The maximum atomic E-state index is 5.30. The summed E-state index contributed by atoms with van der Waals surface area (Å²) < 4.78 is 10.5. The van der Waals surface area contributed by atoms with E-state index in [0.717, 1.165) is 25.1 Å². The van der Waals surface area contributed by atoms with E-state index < -0.39 is 0 Å². The maximum Gasteiger partial charge on any atom is 0.119 e. The van der Waals surface area contributed by atoms with Crippen molar-refractivity contribution in [3.05, 3.63) is 42.0 Å². The average molecular weight is 271 g/mol. The van der Waals surface area contributed by atoms with Crippen LogP contribution in [0.3, 0.4) is 0 Å². The van der Waals surface area contributed by atoms with Crippen LogP contribution in [0.15, 0.2) is 36.4 Å². The zero-order valence-corrected chi connectivity index (χ0v) is 12.1. The van der Waals surface area contributed by atoms with E-state index in [1.54, 1.807) is 14.2 Å². The largest absolute Gasteiger partial charge is 0.497 e. The van der Waals surface area contributed by atoms with Crippen LogP contribution in [-0.4, -0.2) is 26.4 Å². The molecule has 2 aromatic carbocycles. The third-order valence-corrected chi connectivity index (χ3v) is 4.13. The molecule has 1 N–H and O–H groups in total. The SMILES string of the molecule is COc1ccc2cc(CNC3CC(OC)C3)ccc2c1. The molecule has 20 heavy (non-hydrogen) atoms. The number of ether oxygens (including phenoxy) is 2. The van der Waals surface area contributed by atoms with Crippen molar-refractivity contribution in [1.29, 1.82) is 0 Å². The molecule has 1 fully saturated rings. The van der Waals surface area contributed by atoms with Crippen molar-refractivity contribution < 1.29 is 9.47 Å². The van der Waals surface area contributed by atoms with Crippen LogP contribution in [0.1, 0.15) is 18.4 Å². The molecule has 2 aromatic rings. The standard InChI is InChI=1S/C17H21NO2/c1-19-16-6-5-13-7-12(3-4-14(13)8-16)11-18-15-9-17(10-15)20-2/h3-8,15,17-18H,9-11H2,1-2H3. The number of rotatable bonds is 5. The van der Waals surface area contributed by atoms with Crippen molar-refractivity contribution in [2.75, 3.05) is 14.2 Å². The van der Waals surface area contributed by atoms with Gasteiger partial charge in [-0.1, -0.05) is 18.2 Å². The summed E-state index contributed by atoms with van der Waals surface area (Å²) in [4.78, 5) is 0. The normalized spacial score (nSPS) is 21.7. The van der Waals surface area contributed by atoms with E-state index >= 15 is 0 Å². The van der Waals surface area contributed by atoms with Gasteiger partial charge in [-0.05, 0) is 47.4 Å². The summed E-state index contributed by atoms with van der Waals surface area (Å²) in [5.41, 5.74) is 1.32. The number of hydrogen-bond acceptors (Lipinski definition) is 3. The second-order valence-corrected chi connectivity index (χ2v) is 5.45. The number of benzene rings is 2. The molecule has 0 amide bonds. The summed E-state index contributed by atoms with van der Waals surface area (Å²) in [5.74, 6) is 0.906. The minimum atomic E-state index is 0.455. The van der Waals surface area contributed by atoms with Crippen molar-refractivity contribution in [3.8, 4) is 5.75 Å². The minimum Gasteiger partial charge on any atom is -0.497 e. The number of hydrogen-bond donors (Lipinski definition) is 1. The van der Waals surface area contributed by atoms with Gasteiger partial charge in [-0.15, -0.1) is 0 Å². The lowest BCUT2D eigenvalue weighted by molar-refractivity contribution is 0.0170. The van der Waals surface area contributed by atoms with Crippen LogP contribution in [0.2, 0.25) is 0 Å². The molecule has 0 spiro atoms. The minimum absolute atomic E-state index is 0.455. The molecular weight excluding hydrogens is 250 g/mol. The van der Waals surface area contributed by atoms with Crippen molar-refractivity contribution in [2.45, 2.75) is 31.5 Å². The van der Waals surface area contributed by atoms with Gasteiger partial charge >= 0.3 is 0 Å². The van der Waals surface area contributed by atoms with Crippen LogP contribution >= 0.6 is 0 Å². The molecule has 0 bridgehead atoms. The van der Waals surface area contributed by atoms with E-state index in [2.05, 4.69) is 35.6 Å². The molecule has 0 saturated heterocycles. The fourth-order valence-electron chi connectivity index (χ4n) is 2.70. The first-order valence-corrected chi connectivity index (χ1v) is 7.11. The zero-order chi connectivity index (χ0) is 13.9. The Morgan fingerprint density at radius 3 is 2.55 bits per heavy atom. The molecule has 0 atom stereocenters. The molecule has 1 aliphatic carbocycles. The highest BCUT2D eigenvalue weighted by molar-refractivity contribution is 5.84. The molecule has 1 aliphatic rings. The molecule has 0 unspecified atom stereocenters. The predicted octanol–water partition coefficient (Wildman–Crippen LogP) is 3.12. The van der Waals surface area contributed by atoms with Crippen LogP contribution in [0.25, 0.3) is 10.8 Å². The number of methoxy groups -OCH3 is 2. The molecule has 3 rings (SSSR count). The number of nitrogens with one attached hydrogen (secondary N) is 1. The first-order valence-electron chi connectivity index (χ1n) is 7.11. The molecule has 1 saturated carbocycles. The van der Waals surface area contributed by atoms with Crippen molar-refractivity contribution in [3.63, 3.8) is 0 Å². The third-order valence-electron chi connectivity index (χ3n) is 4.13. The molecule has 106 valence electrons. The van der Waals surface area contributed by atoms with E-state index in [-0.39, 0.29) is 0 Å². The van der Waals surface area contributed by atoms with Gasteiger partial charge in [0.05, 0.1) is 13.2 Å². The Morgan fingerprint density at radius 2 is 1.80 bits per heavy atom. The molecule has 0 aliphatic heterocycles. The molecule has 3 nitrogen and oxygen atoms in total. The molecule has 3 heteroatoms. The van der Waals surface area contributed by atoms with E-state index in [0.29, 0.717) is 12.1 Å². The van der Waals surface area contributed by atoms with Crippen molar-refractivity contribution in [2.24, 2.45) is 0 Å². The smallest absolute Gasteiger partial charge is 0.119 e. The van der Waals surface area contributed by atoms with Gasteiger partial charge in [-0.2, -0.15) is 0 Å². The Labute approximate surface area is 119 Å². The Bertz CT molecular complexity index is 591. The monoisotopic (exact) mass is 271 g/mol. The Hall–Kier alpha value is -1.58. The topological polar surface area (TPSA) is 30.5 Å². The van der Waals surface area contributed by atoms with Gasteiger partial charge in [0.1, 0.15) is 5.75 Å². The quantitative estimate of drug-likeness (QED) is 0.906. The van der Waals surface area contributed by atoms with E-state index in [9.17, 15) is 0 Å². The van der Waals surface area contributed by atoms with E-state index in [1.165, 1.54) is 16.3 Å². The van der Waals surface area contributed by atoms with Gasteiger partial charge in [0, 0.05) is 19.7 Å². The highest BCUT2D eigenvalue weighted by Crippen LogP contribution is 2.24. The summed E-state index contributed by atoms with van der Waals surface area (Å²) >= 11 is 0. The molecule has 0 radical (unpaired) electrons. The second kappa shape index (κ2) is 5.81. The first-order chi connectivity index (χ1) is 9.78. The van der Waals surface area contributed by atoms with Crippen molar-refractivity contribution >= 4 is 10.8 Å². The number of fused-ring (bicyclic) bond motifs is 1. The summed E-state index contributed by atoms with van der Waals surface area (Å²) in [6, 6.07) is 13.4. The fraction of sp³-hybridized carbons (Fsp3) is 0.412. The van der Waals surface area contributed by atoms with Gasteiger partial charge in [0.15, 0.2) is 0 Å². The lowest BCUT2D eigenvalue weighted by Crippen LogP contribution is -2.44. The molecular formula is C17H21NO2. The first kappa shape index (κ1) is 13.4. The van der Waals surface area contributed by atoms with E-state index in [4.69, 9.17) is 9.47 Å². The van der Waals surface area contributed by atoms with Gasteiger partial charge in [-0.25, -0.2) is 0 Å². The summed E-state index contributed by atoms with van der Waals surface area (Å²) in [7, 11) is 3.49. The van der Waals surface area contributed by atoms with E-state index in [1.807, 2.05) is 6.07 Å². The van der Waals surface area contributed by atoms with Gasteiger partial charge in [0.2, 0.25) is 0 Å². The van der Waals surface area contributed by atoms with Crippen LogP contribution in [0.4, 0.5) is 0 Å². The second-order valence-electron chi connectivity index (χ2n) is 5.45. The zero-order valence-electron chi connectivity index (χ0n) is 12.1. The maximum absolute atomic E-state index is 5.30. The Kier molecular flexibility index (Phi) is 3.90. The van der Waals surface area contributed by atoms with Crippen LogP contribution < -0.4 is 10.1 Å². The lowest BCUT2D eigenvalue weighted by Gasteiger charge is -2.34. The van der Waals surface area contributed by atoms with Crippen LogP contribution in [0, 0.1) is 0 Å². The summed E-state index contributed by atoms with van der Waals surface area (Å²) in [6.07, 6.45) is 2.71. The molecule has 0 heterocycles. The third kappa shape index (κ3) is 2.79. The lowest BCUT2D eigenvalue weighted by atomic mass is 9.89. The summed E-state index contributed by atoms with van der Waals surface area (Å²) in [6.45, 7) is 0.920. The van der Waals surface area contributed by atoms with Gasteiger partial charge in [-0.3, -0.25) is 0 Å². The predicted molar refractivity (Wildman–Crippen MR) is 81.2 cm³/mol.